The van der Waals surface area contributed by atoms with Crippen molar-refractivity contribution in [2.75, 3.05) is 11.4 Å². The molecule has 1 aromatic rings. The molecule has 2 rings (SSSR count). The Morgan fingerprint density at radius 1 is 1.26 bits per heavy atom. The fourth-order valence-electron chi connectivity index (χ4n) is 2.26. The van der Waals surface area contributed by atoms with Crippen molar-refractivity contribution in [2.24, 2.45) is 5.14 Å². The lowest BCUT2D eigenvalue weighted by atomic mass is 10.1. The van der Waals surface area contributed by atoms with E-state index in [4.69, 9.17) is 9.88 Å². The van der Waals surface area contributed by atoms with Gasteiger partial charge in [0.1, 0.15) is 10.9 Å². The van der Waals surface area contributed by atoms with Crippen LogP contribution in [-0.2, 0) is 19.6 Å². The second kappa shape index (κ2) is 5.93. The molecule has 0 spiro atoms. The number of primary sulfonamides is 1. The first-order valence-electron chi connectivity index (χ1n) is 7.13. The molecule has 1 aliphatic heterocycles. The predicted octanol–water partition coefficient (Wildman–Crippen LogP) is 1.04. The van der Waals surface area contributed by atoms with Crippen molar-refractivity contribution in [3.63, 3.8) is 0 Å². The second-order valence-electron chi connectivity index (χ2n) is 6.47. The van der Waals surface area contributed by atoms with Crippen LogP contribution in [0, 0.1) is 0 Å². The van der Waals surface area contributed by atoms with Gasteiger partial charge in [-0.05, 0) is 45.0 Å². The van der Waals surface area contributed by atoms with Gasteiger partial charge in [0.2, 0.25) is 15.9 Å². The number of esters is 1. The van der Waals surface area contributed by atoms with Crippen molar-refractivity contribution in [2.45, 2.75) is 38.0 Å². The molecule has 0 aromatic heterocycles. The second-order valence-corrected chi connectivity index (χ2v) is 8.31. The summed E-state index contributed by atoms with van der Waals surface area (Å²) in [5.74, 6) is -0.770. The maximum atomic E-state index is 12.0. The van der Waals surface area contributed by atoms with Crippen LogP contribution in [0.2, 0.25) is 0 Å². The van der Waals surface area contributed by atoms with Gasteiger partial charge in [-0.3, -0.25) is 4.79 Å². The number of hydrogen-bond acceptors (Lipinski definition) is 5. The fraction of sp³-hybridized carbons (Fsp3) is 0.467. The molecule has 1 atom stereocenters. The molecule has 0 aliphatic carbocycles. The lowest BCUT2D eigenvalue weighted by Gasteiger charge is -2.20. The summed E-state index contributed by atoms with van der Waals surface area (Å²) >= 11 is 0. The van der Waals surface area contributed by atoms with Gasteiger partial charge in [0.15, 0.2) is 0 Å². The quantitative estimate of drug-likeness (QED) is 0.827. The van der Waals surface area contributed by atoms with Crippen LogP contribution in [0.3, 0.4) is 0 Å². The number of anilines is 1. The molecule has 1 fully saturated rings. The van der Waals surface area contributed by atoms with E-state index in [0.717, 1.165) is 0 Å². The number of sulfonamides is 1. The number of carbonyl (C=O) groups is 2. The lowest BCUT2D eigenvalue weighted by Crippen LogP contribution is -2.32. The van der Waals surface area contributed by atoms with Gasteiger partial charge in [0.05, 0.1) is 5.56 Å². The van der Waals surface area contributed by atoms with E-state index in [1.165, 1.54) is 4.90 Å². The predicted molar refractivity (Wildman–Crippen MR) is 85.5 cm³/mol. The fourth-order valence-corrected chi connectivity index (χ4v) is 2.99. The highest BCUT2D eigenvalue weighted by Crippen LogP contribution is 2.25. The molecule has 7 nitrogen and oxygen atoms in total. The molecule has 1 saturated heterocycles. The molecule has 1 aromatic carbocycles. The van der Waals surface area contributed by atoms with E-state index in [9.17, 15) is 18.0 Å². The highest BCUT2D eigenvalue weighted by Gasteiger charge is 2.37. The molecule has 1 aliphatic rings. The van der Waals surface area contributed by atoms with Crippen molar-refractivity contribution in [1.29, 1.82) is 0 Å². The van der Waals surface area contributed by atoms with Crippen molar-refractivity contribution < 1.29 is 22.7 Å². The van der Waals surface area contributed by atoms with Crippen LogP contribution >= 0.6 is 0 Å². The minimum atomic E-state index is -3.75. The smallest absolute Gasteiger partial charge is 0.338 e. The molecule has 2 N–H and O–H groups in total. The average Bonchev–Trinajstić information content (AvgIpc) is 2.79. The number of nitrogens with zero attached hydrogens (tertiary/aromatic N) is 1. The van der Waals surface area contributed by atoms with Crippen LogP contribution in [0.4, 0.5) is 5.69 Å². The number of nitrogens with two attached hydrogens (primary N) is 1. The van der Waals surface area contributed by atoms with Crippen LogP contribution < -0.4 is 10.0 Å². The SMILES string of the molecule is CC(C)(C)OC(=O)c1ccc(N2CC(S(N)(=O)=O)CC2=O)cc1. The molecular formula is C15H20N2O5S. The Hall–Kier alpha value is -1.93. The highest BCUT2D eigenvalue weighted by molar-refractivity contribution is 7.89. The van der Waals surface area contributed by atoms with Crippen LogP contribution in [0.15, 0.2) is 24.3 Å². The maximum Gasteiger partial charge on any atom is 0.338 e. The summed E-state index contributed by atoms with van der Waals surface area (Å²) in [5.41, 5.74) is 0.287. The first-order valence-corrected chi connectivity index (χ1v) is 8.74. The van der Waals surface area contributed by atoms with Gasteiger partial charge in [-0.15, -0.1) is 0 Å². The molecule has 1 heterocycles. The third kappa shape index (κ3) is 4.29. The van der Waals surface area contributed by atoms with E-state index in [-0.39, 0.29) is 18.9 Å². The number of hydrogen-bond donors (Lipinski definition) is 1. The first-order chi connectivity index (χ1) is 10.5. The lowest BCUT2D eigenvalue weighted by molar-refractivity contribution is -0.117. The molecule has 126 valence electrons. The summed E-state index contributed by atoms with van der Waals surface area (Å²) in [7, 11) is -3.75. The minimum absolute atomic E-state index is 0.0173. The first kappa shape index (κ1) is 17.4. The summed E-state index contributed by atoms with van der Waals surface area (Å²) in [5, 5.41) is 4.20. The van der Waals surface area contributed by atoms with Crippen molar-refractivity contribution in [1.82, 2.24) is 0 Å². The molecular weight excluding hydrogens is 320 g/mol. The van der Waals surface area contributed by atoms with E-state index in [2.05, 4.69) is 0 Å². The van der Waals surface area contributed by atoms with Gasteiger partial charge in [-0.1, -0.05) is 0 Å². The Morgan fingerprint density at radius 2 is 1.83 bits per heavy atom. The Bertz CT molecular complexity index is 719. The summed E-state index contributed by atoms with van der Waals surface area (Å²) in [6.07, 6.45) is -0.132. The Balaban J connectivity index is 2.14. The molecule has 8 heteroatoms. The zero-order valence-electron chi connectivity index (χ0n) is 13.3. The number of amides is 1. The third-order valence-electron chi connectivity index (χ3n) is 3.37. The van der Waals surface area contributed by atoms with Crippen LogP contribution in [-0.4, -0.2) is 37.7 Å². The van der Waals surface area contributed by atoms with Crippen LogP contribution in [0.25, 0.3) is 0 Å². The summed E-state index contributed by atoms with van der Waals surface area (Å²) in [6, 6.07) is 6.26. The number of ether oxygens (including phenoxy) is 1. The van der Waals surface area contributed by atoms with Crippen LogP contribution in [0.5, 0.6) is 0 Å². The van der Waals surface area contributed by atoms with E-state index in [1.54, 1.807) is 45.0 Å². The number of carbonyl (C=O) groups excluding carboxylic acids is 2. The van der Waals surface area contributed by atoms with Crippen molar-refractivity contribution in [3.8, 4) is 0 Å². The van der Waals surface area contributed by atoms with Crippen LogP contribution in [0.1, 0.15) is 37.6 Å². The maximum absolute atomic E-state index is 12.0. The van der Waals surface area contributed by atoms with Crippen molar-refractivity contribution in [3.05, 3.63) is 29.8 Å². The van der Waals surface area contributed by atoms with Gasteiger partial charge in [-0.25, -0.2) is 18.4 Å². The molecule has 1 unspecified atom stereocenters. The van der Waals surface area contributed by atoms with E-state index in [0.29, 0.717) is 11.3 Å². The minimum Gasteiger partial charge on any atom is -0.456 e. The monoisotopic (exact) mass is 340 g/mol. The Morgan fingerprint density at radius 3 is 2.26 bits per heavy atom. The number of benzene rings is 1. The molecule has 23 heavy (non-hydrogen) atoms. The summed E-state index contributed by atoms with van der Waals surface area (Å²) in [4.78, 5) is 25.2. The van der Waals surface area contributed by atoms with E-state index in [1.807, 2.05) is 0 Å². The van der Waals surface area contributed by atoms with Gasteiger partial charge >= 0.3 is 5.97 Å². The van der Waals surface area contributed by atoms with Gasteiger partial charge in [0.25, 0.3) is 0 Å². The van der Waals surface area contributed by atoms with E-state index >= 15 is 0 Å². The topological polar surface area (TPSA) is 107 Å². The van der Waals surface area contributed by atoms with Crippen molar-refractivity contribution >= 4 is 27.6 Å². The number of rotatable bonds is 3. The standard InChI is InChI=1S/C15H20N2O5S/c1-15(2,3)22-14(19)10-4-6-11(7-5-10)17-9-12(8-13(17)18)23(16,20)21/h4-7,12H,8-9H2,1-3H3,(H2,16,20,21). The normalized spacial score (nSPS) is 19.0. The molecule has 0 saturated carbocycles. The molecule has 0 bridgehead atoms. The van der Waals surface area contributed by atoms with Gasteiger partial charge < -0.3 is 9.64 Å². The third-order valence-corrected chi connectivity index (χ3v) is 4.61. The summed E-state index contributed by atoms with van der Waals surface area (Å²) < 4.78 is 28.0. The zero-order chi connectivity index (χ0) is 17.4. The summed E-state index contributed by atoms with van der Waals surface area (Å²) in [6.45, 7) is 5.34. The zero-order valence-corrected chi connectivity index (χ0v) is 14.1. The Labute approximate surface area is 135 Å². The largest absolute Gasteiger partial charge is 0.456 e. The van der Waals surface area contributed by atoms with Gasteiger partial charge in [0, 0.05) is 18.7 Å². The Kier molecular flexibility index (Phi) is 4.50. The van der Waals surface area contributed by atoms with E-state index < -0.39 is 26.8 Å². The molecule has 1 amide bonds. The molecule has 0 radical (unpaired) electrons. The van der Waals surface area contributed by atoms with Gasteiger partial charge in [-0.2, -0.15) is 0 Å². The highest BCUT2D eigenvalue weighted by atomic mass is 32.2. The average molecular weight is 340 g/mol.